The van der Waals surface area contributed by atoms with Gasteiger partial charge in [-0.2, -0.15) is 0 Å². The molecule has 0 aromatic heterocycles. The third-order valence-electron chi connectivity index (χ3n) is 15.3. The van der Waals surface area contributed by atoms with Crippen LogP contribution in [-0.4, -0.2) is 48.5 Å². The SMILES string of the molecule is CC(C)CCC[C@@H](C)[C@H]1CC[C@H]2[C@@H]3CC=C4C[C@@H](O[C@@H]5O[C@@H]6CO[C@@H](c7ccccc7)O[C@H]6[C@H](OCc6ccccc6)[C@H]5O)CC[C@]4(C)[C@H]3CC[C@]12C. The van der Waals surface area contributed by atoms with E-state index >= 15 is 0 Å². The van der Waals surface area contributed by atoms with Gasteiger partial charge in [0.25, 0.3) is 0 Å². The quantitative estimate of drug-likeness (QED) is 0.233. The van der Waals surface area contributed by atoms with Gasteiger partial charge in [0.1, 0.15) is 24.4 Å². The topological polar surface area (TPSA) is 66.4 Å². The molecule has 0 amide bonds. The molecule has 14 atom stereocenters. The second kappa shape index (κ2) is 15.8. The molecule has 53 heavy (non-hydrogen) atoms. The maximum absolute atomic E-state index is 11.9. The molecule has 6 nitrogen and oxygen atoms in total. The van der Waals surface area contributed by atoms with Crippen molar-refractivity contribution in [2.75, 3.05) is 6.61 Å². The van der Waals surface area contributed by atoms with Gasteiger partial charge in [0, 0.05) is 5.56 Å². The minimum Gasteiger partial charge on any atom is -0.385 e. The standard InChI is InChI=1S/C47H66O6/c1-30(2)13-12-14-31(3)37-21-22-38-36-20-19-34-27-35(23-25-46(34,4)39(36)24-26-47(37,38)5)51-45-41(48)43(49-28-32-15-8-6-9-16-32)42-40(52-45)29-50-44(53-42)33-17-10-7-11-18-33/h6-11,15-19,30-31,35-45,48H,12-14,20-29H2,1-5H3/t31-,35+,36+,37-,38+,39+,40-,41-,42-,43-,44-,45-,46+,47-/m1/s1. The molecule has 2 aromatic carbocycles. The monoisotopic (exact) mass is 726 g/mol. The highest BCUT2D eigenvalue weighted by Gasteiger charge is 2.59. The molecule has 2 aromatic rings. The van der Waals surface area contributed by atoms with Crippen molar-refractivity contribution >= 4 is 0 Å². The molecule has 6 aliphatic rings. The molecule has 1 N–H and O–H groups in total. The highest BCUT2D eigenvalue weighted by atomic mass is 16.8. The molecule has 2 heterocycles. The summed E-state index contributed by atoms with van der Waals surface area (Å²) in [6.45, 7) is 13.3. The molecule has 0 unspecified atom stereocenters. The maximum Gasteiger partial charge on any atom is 0.186 e. The van der Waals surface area contributed by atoms with E-state index in [1.54, 1.807) is 5.57 Å². The van der Waals surface area contributed by atoms with Crippen LogP contribution < -0.4 is 0 Å². The number of aliphatic hydroxyl groups is 1. The van der Waals surface area contributed by atoms with Gasteiger partial charge in [-0.1, -0.05) is 126 Å². The van der Waals surface area contributed by atoms with Gasteiger partial charge in [0.15, 0.2) is 12.6 Å². The summed E-state index contributed by atoms with van der Waals surface area (Å²) < 4.78 is 32.5. The van der Waals surface area contributed by atoms with Crippen molar-refractivity contribution in [3.8, 4) is 0 Å². The lowest BCUT2D eigenvalue weighted by molar-refractivity contribution is -0.372. The molecular weight excluding hydrogens is 661 g/mol. The van der Waals surface area contributed by atoms with Crippen LogP contribution >= 0.6 is 0 Å². The number of ether oxygens (including phenoxy) is 5. The van der Waals surface area contributed by atoms with E-state index in [-0.39, 0.29) is 11.5 Å². The minimum absolute atomic E-state index is 0.00394. The van der Waals surface area contributed by atoms with Crippen LogP contribution in [0.3, 0.4) is 0 Å². The van der Waals surface area contributed by atoms with Crippen molar-refractivity contribution in [3.05, 3.63) is 83.4 Å². The van der Waals surface area contributed by atoms with E-state index < -0.39 is 37.0 Å². The Hall–Kier alpha value is -2.06. The molecule has 2 saturated heterocycles. The first kappa shape index (κ1) is 37.8. The van der Waals surface area contributed by atoms with Crippen LogP contribution in [0.25, 0.3) is 0 Å². The zero-order chi connectivity index (χ0) is 36.7. The molecule has 0 radical (unpaired) electrons. The molecule has 8 rings (SSSR count). The van der Waals surface area contributed by atoms with E-state index in [0.717, 1.165) is 65.9 Å². The highest BCUT2D eigenvalue weighted by molar-refractivity contribution is 5.26. The molecular formula is C47H66O6. The van der Waals surface area contributed by atoms with Crippen molar-refractivity contribution in [1.82, 2.24) is 0 Å². The Morgan fingerprint density at radius 1 is 0.868 bits per heavy atom. The summed E-state index contributed by atoms with van der Waals surface area (Å²) >= 11 is 0. The number of hydrogen-bond donors (Lipinski definition) is 1. The van der Waals surface area contributed by atoms with Crippen molar-refractivity contribution in [2.24, 2.45) is 46.3 Å². The third-order valence-corrected chi connectivity index (χ3v) is 15.3. The number of aliphatic hydroxyl groups excluding tert-OH is 1. The van der Waals surface area contributed by atoms with Gasteiger partial charge in [-0.15, -0.1) is 0 Å². The van der Waals surface area contributed by atoms with E-state index in [0.29, 0.717) is 18.6 Å². The van der Waals surface area contributed by atoms with Crippen LogP contribution in [0.15, 0.2) is 72.3 Å². The van der Waals surface area contributed by atoms with Crippen LogP contribution in [0.5, 0.6) is 0 Å². The first-order valence-corrected chi connectivity index (χ1v) is 21.3. The fourth-order valence-electron chi connectivity index (χ4n) is 12.4. The molecule has 6 heteroatoms. The summed E-state index contributed by atoms with van der Waals surface area (Å²) in [7, 11) is 0. The molecule has 3 saturated carbocycles. The molecule has 2 aliphatic heterocycles. The Morgan fingerprint density at radius 2 is 1.64 bits per heavy atom. The summed E-state index contributed by atoms with van der Waals surface area (Å²) in [5, 5.41) is 11.9. The Balaban J connectivity index is 0.935. The van der Waals surface area contributed by atoms with Gasteiger partial charge in [-0.25, -0.2) is 0 Å². The van der Waals surface area contributed by atoms with Gasteiger partial charge < -0.3 is 28.8 Å². The number of hydrogen-bond acceptors (Lipinski definition) is 6. The lowest BCUT2D eigenvalue weighted by Gasteiger charge is -2.58. The van der Waals surface area contributed by atoms with Gasteiger partial charge >= 0.3 is 0 Å². The Kier molecular flexibility index (Phi) is 11.3. The van der Waals surface area contributed by atoms with E-state index in [4.69, 9.17) is 23.7 Å². The van der Waals surface area contributed by atoms with Crippen molar-refractivity contribution < 1.29 is 28.8 Å². The molecule has 0 spiro atoms. The van der Waals surface area contributed by atoms with E-state index in [1.165, 1.54) is 51.4 Å². The van der Waals surface area contributed by atoms with Crippen molar-refractivity contribution in [2.45, 2.75) is 155 Å². The summed E-state index contributed by atoms with van der Waals surface area (Å²) in [5.74, 6) is 4.96. The maximum atomic E-state index is 11.9. The first-order valence-electron chi connectivity index (χ1n) is 21.3. The fraction of sp³-hybridized carbons (Fsp3) is 0.702. The lowest BCUT2D eigenvalue weighted by Crippen LogP contribution is -2.63. The Labute approximate surface area is 319 Å². The lowest BCUT2D eigenvalue weighted by atomic mass is 9.47. The van der Waals surface area contributed by atoms with Crippen LogP contribution in [0.2, 0.25) is 0 Å². The average molecular weight is 727 g/mol. The summed E-state index contributed by atoms with van der Waals surface area (Å²) in [6.07, 6.45) is 12.8. The summed E-state index contributed by atoms with van der Waals surface area (Å²) in [4.78, 5) is 0. The Bertz CT molecular complexity index is 1530. The van der Waals surface area contributed by atoms with Crippen LogP contribution in [0.4, 0.5) is 0 Å². The van der Waals surface area contributed by atoms with Gasteiger partial charge in [0.2, 0.25) is 0 Å². The Morgan fingerprint density at radius 3 is 2.42 bits per heavy atom. The van der Waals surface area contributed by atoms with Crippen LogP contribution in [0.1, 0.15) is 123 Å². The third kappa shape index (κ3) is 7.47. The second-order valence-electron chi connectivity index (χ2n) is 18.8. The van der Waals surface area contributed by atoms with Gasteiger partial charge in [-0.05, 0) is 103 Å². The van der Waals surface area contributed by atoms with E-state index in [2.05, 4.69) is 40.7 Å². The number of fused-ring (bicyclic) bond motifs is 6. The first-order chi connectivity index (χ1) is 25.6. The number of benzene rings is 2. The van der Waals surface area contributed by atoms with Gasteiger partial charge in [-0.3, -0.25) is 0 Å². The zero-order valence-corrected chi connectivity index (χ0v) is 33.0. The van der Waals surface area contributed by atoms with Crippen molar-refractivity contribution in [1.29, 1.82) is 0 Å². The zero-order valence-electron chi connectivity index (χ0n) is 33.0. The van der Waals surface area contributed by atoms with Crippen LogP contribution in [0, 0.1) is 46.3 Å². The second-order valence-corrected chi connectivity index (χ2v) is 18.8. The van der Waals surface area contributed by atoms with Crippen LogP contribution in [-0.2, 0) is 30.3 Å². The molecule has 290 valence electrons. The summed E-state index contributed by atoms with van der Waals surface area (Å²) in [6, 6.07) is 20.1. The molecule has 0 bridgehead atoms. The number of rotatable bonds is 11. The largest absolute Gasteiger partial charge is 0.385 e. The predicted octanol–water partition coefficient (Wildman–Crippen LogP) is 10.2. The summed E-state index contributed by atoms with van der Waals surface area (Å²) in [5.41, 5.74) is 4.31. The predicted molar refractivity (Wildman–Crippen MR) is 208 cm³/mol. The van der Waals surface area contributed by atoms with E-state index in [1.807, 2.05) is 60.7 Å². The molecule has 4 aliphatic carbocycles. The molecule has 5 fully saturated rings. The van der Waals surface area contributed by atoms with Crippen molar-refractivity contribution in [3.63, 3.8) is 0 Å². The fourth-order valence-corrected chi connectivity index (χ4v) is 12.4. The highest BCUT2D eigenvalue weighted by Crippen LogP contribution is 2.67. The minimum atomic E-state index is -0.994. The van der Waals surface area contributed by atoms with Gasteiger partial charge in [0.05, 0.1) is 19.3 Å². The smallest absolute Gasteiger partial charge is 0.186 e. The normalized spacial score (nSPS) is 41.5. The average Bonchev–Trinajstić information content (AvgIpc) is 3.53. The number of allylic oxidation sites excluding steroid dienone is 1. The van der Waals surface area contributed by atoms with E-state index in [9.17, 15) is 5.11 Å².